The summed E-state index contributed by atoms with van der Waals surface area (Å²) in [6, 6.07) is 1.08. The monoisotopic (exact) mass is 184 g/mol. The second kappa shape index (κ2) is 3.54. The van der Waals surface area contributed by atoms with E-state index in [4.69, 9.17) is 5.11 Å². The van der Waals surface area contributed by atoms with Gasteiger partial charge in [-0.25, -0.2) is 4.79 Å². The Morgan fingerprint density at radius 1 is 1.31 bits per heavy atom. The van der Waals surface area contributed by atoms with Gasteiger partial charge in [0.2, 0.25) is 0 Å². The van der Waals surface area contributed by atoms with Gasteiger partial charge in [0.1, 0.15) is 0 Å². The molecule has 1 saturated carbocycles. The molecule has 1 saturated heterocycles. The van der Waals surface area contributed by atoms with Crippen molar-refractivity contribution in [2.75, 3.05) is 13.1 Å². The number of likely N-dealkylation sites (tertiary alicyclic amines) is 1. The fraction of sp³-hybridized carbons (Fsp3) is 0.889. The molecule has 74 valence electrons. The van der Waals surface area contributed by atoms with E-state index in [0.29, 0.717) is 25.2 Å². The summed E-state index contributed by atoms with van der Waals surface area (Å²) in [5.74, 6) is 0. The minimum Gasteiger partial charge on any atom is -0.465 e. The molecular formula is C9H16N2O2. The fourth-order valence-electron chi connectivity index (χ4n) is 1.87. The third-order valence-corrected chi connectivity index (χ3v) is 2.74. The van der Waals surface area contributed by atoms with Crippen LogP contribution in [0.4, 0.5) is 4.79 Å². The molecule has 1 aliphatic carbocycles. The summed E-state index contributed by atoms with van der Waals surface area (Å²) in [5.41, 5.74) is 0. The van der Waals surface area contributed by atoms with Crippen molar-refractivity contribution in [3.05, 3.63) is 0 Å². The Kier molecular flexibility index (Phi) is 2.40. The van der Waals surface area contributed by atoms with Crippen LogP contribution in [0.2, 0.25) is 0 Å². The topological polar surface area (TPSA) is 52.6 Å². The van der Waals surface area contributed by atoms with Gasteiger partial charge < -0.3 is 15.3 Å². The predicted octanol–water partition coefficient (Wildman–Crippen LogP) is 0.881. The van der Waals surface area contributed by atoms with Gasteiger partial charge in [0.25, 0.3) is 0 Å². The first-order chi connectivity index (χ1) is 6.25. The number of nitrogens with one attached hydrogen (secondary N) is 1. The van der Waals surface area contributed by atoms with Crippen molar-refractivity contribution in [3.8, 4) is 0 Å². The molecule has 0 radical (unpaired) electrons. The first-order valence-corrected chi connectivity index (χ1v) is 4.99. The quantitative estimate of drug-likeness (QED) is 0.670. The van der Waals surface area contributed by atoms with Crippen molar-refractivity contribution in [1.82, 2.24) is 10.2 Å². The molecule has 4 heteroatoms. The Bertz CT molecular complexity index is 204. The third-order valence-electron chi connectivity index (χ3n) is 2.74. The maximum absolute atomic E-state index is 10.7. The molecule has 0 aromatic carbocycles. The van der Waals surface area contributed by atoms with Crippen molar-refractivity contribution >= 4 is 6.09 Å². The lowest BCUT2D eigenvalue weighted by Gasteiger charge is -2.31. The van der Waals surface area contributed by atoms with Crippen LogP contribution in [0.25, 0.3) is 0 Å². The van der Waals surface area contributed by atoms with Crippen LogP contribution in [0.15, 0.2) is 0 Å². The SMILES string of the molecule is O=C(O)N1CCC[C@@H](NC2CC2)C1. The summed E-state index contributed by atoms with van der Waals surface area (Å²) < 4.78 is 0. The molecule has 2 fully saturated rings. The van der Waals surface area contributed by atoms with Gasteiger partial charge in [-0.3, -0.25) is 0 Å². The Labute approximate surface area is 77.9 Å². The maximum atomic E-state index is 10.7. The lowest BCUT2D eigenvalue weighted by molar-refractivity contribution is 0.126. The largest absolute Gasteiger partial charge is 0.465 e. The molecule has 1 amide bonds. The molecule has 0 aromatic rings. The molecule has 0 unspecified atom stereocenters. The molecule has 4 nitrogen and oxygen atoms in total. The summed E-state index contributed by atoms with van der Waals surface area (Å²) in [7, 11) is 0. The van der Waals surface area contributed by atoms with E-state index in [1.54, 1.807) is 0 Å². The molecule has 2 rings (SSSR count). The number of amides is 1. The Balaban J connectivity index is 1.80. The molecule has 13 heavy (non-hydrogen) atoms. The number of hydrogen-bond acceptors (Lipinski definition) is 2. The molecule has 2 aliphatic rings. The summed E-state index contributed by atoms with van der Waals surface area (Å²) in [4.78, 5) is 12.2. The second-order valence-electron chi connectivity index (χ2n) is 4.01. The number of hydrogen-bond donors (Lipinski definition) is 2. The van der Waals surface area contributed by atoms with Crippen molar-refractivity contribution in [2.45, 2.75) is 37.8 Å². The van der Waals surface area contributed by atoms with Crippen LogP contribution in [0.3, 0.4) is 0 Å². The van der Waals surface area contributed by atoms with Crippen molar-refractivity contribution in [1.29, 1.82) is 0 Å². The van der Waals surface area contributed by atoms with E-state index in [1.165, 1.54) is 17.7 Å². The van der Waals surface area contributed by atoms with Crippen molar-refractivity contribution in [2.24, 2.45) is 0 Å². The molecule has 1 aliphatic heterocycles. The van der Waals surface area contributed by atoms with E-state index in [9.17, 15) is 4.79 Å². The average molecular weight is 184 g/mol. The molecule has 2 N–H and O–H groups in total. The van der Waals surface area contributed by atoms with Crippen molar-refractivity contribution < 1.29 is 9.90 Å². The Morgan fingerprint density at radius 3 is 2.69 bits per heavy atom. The van der Waals surface area contributed by atoms with Crippen LogP contribution < -0.4 is 5.32 Å². The first-order valence-electron chi connectivity index (χ1n) is 4.99. The summed E-state index contributed by atoms with van der Waals surface area (Å²) in [6.45, 7) is 1.38. The highest BCUT2D eigenvalue weighted by Crippen LogP contribution is 2.21. The molecule has 0 bridgehead atoms. The highest BCUT2D eigenvalue weighted by atomic mass is 16.4. The minimum atomic E-state index is -0.776. The van der Waals surface area contributed by atoms with Crippen LogP contribution >= 0.6 is 0 Å². The van der Waals surface area contributed by atoms with Gasteiger partial charge in [0.15, 0.2) is 0 Å². The lowest BCUT2D eigenvalue weighted by atomic mass is 10.1. The smallest absolute Gasteiger partial charge is 0.407 e. The summed E-state index contributed by atoms with van der Waals surface area (Å²) in [6.07, 6.45) is 3.88. The van der Waals surface area contributed by atoms with Gasteiger partial charge in [-0.1, -0.05) is 0 Å². The van der Waals surface area contributed by atoms with E-state index >= 15 is 0 Å². The third kappa shape index (κ3) is 2.34. The minimum absolute atomic E-state index is 0.400. The Hall–Kier alpha value is -0.770. The van der Waals surface area contributed by atoms with E-state index < -0.39 is 6.09 Å². The van der Waals surface area contributed by atoms with E-state index in [1.807, 2.05) is 0 Å². The van der Waals surface area contributed by atoms with Gasteiger partial charge in [-0.05, 0) is 25.7 Å². The highest BCUT2D eigenvalue weighted by molar-refractivity contribution is 5.65. The van der Waals surface area contributed by atoms with Gasteiger partial charge in [-0.15, -0.1) is 0 Å². The zero-order chi connectivity index (χ0) is 9.26. The highest BCUT2D eigenvalue weighted by Gasteiger charge is 2.28. The van der Waals surface area contributed by atoms with Crippen LogP contribution in [0.1, 0.15) is 25.7 Å². The molecule has 1 atom stereocenters. The number of nitrogens with zero attached hydrogens (tertiary/aromatic N) is 1. The van der Waals surface area contributed by atoms with E-state index in [2.05, 4.69) is 5.32 Å². The number of carboxylic acid groups (broad SMARTS) is 1. The first kappa shape index (κ1) is 8.81. The van der Waals surface area contributed by atoms with Gasteiger partial charge in [0, 0.05) is 25.2 Å². The second-order valence-corrected chi connectivity index (χ2v) is 4.01. The van der Waals surface area contributed by atoms with Crippen LogP contribution in [0, 0.1) is 0 Å². The molecular weight excluding hydrogens is 168 g/mol. The van der Waals surface area contributed by atoms with Crippen LogP contribution in [0.5, 0.6) is 0 Å². The maximum Gasteiger partial charge on any atom is 0.407 e. The normalized spacial score (nSPS) is 28.9. The zero-order valence-electron chi connectivity index (χ0n) is 7.70. The van der Waals surface area contributed by atoms with Gasteiger partial charge in [-0.2, -0.15) is 0 Å². The molecule has 0 spiro atoms. The predicted molar refractivity (Wildman–Crippen MR) is 48.8 cm³/mol. The average Bonchev–Trinajstić information content (AvgIpc) is 2.89. The molecule has 0 aromatic heterocycles. The van der Waals surface area contributed by atoms with Crippen molar-refractivity contribution in [3.63, 3.8) is 0 Å². The van der Waals surface area contributed by atoms with E-state index in [0.717, 1.165) is 12.8 Å². The van der Waals surface area contributed by atoms with E-state index in [-0.39, 0.29) is 0 Å². The van der Waals surface area contributed by atoms with Gasteiger partial charge in [0.05, 0.1) is 0 Å². The van der Waals surface area contributed by atoms with Crippen LogP contribution in [-0.4, -0.2) is 41.3 Å². The molecule has 1 heterocycles. The number of carbonyl (C=O) groups is 1. The fourth-order valence-corrected chi connectivity index (χ4v) is 1.87. The van der Waals surface area contributed by atoms with Crippen LogP contribution in [-0.2, 0) is 0 Å². The summed E-state index contributed by atoms with van der Waals surface area (Å²) in [5, 5.41) is 12.3. The van der Waals surface area contributed by atoms with Gasteiger partial charge >= 0.3 is 6.09 Å². The standard InChI is InChI=1S/C9H16N2O2/c12-9(13)11-5-1-2-8(6-11)10-7-3-4-7/h7-8,10H,1-6H2,(H,12,13)/t8-/m1/s1. The Morgan fingerprint density at radius 2 is 2.08 bits per heavy atom. The number of rotatable bonds is 2. The summed E-state index contributed by atoms with van der Waals surface area (Å²) >= 11 is 0. The zero-order valence-corrected chi connectivity index (χ0v) is 7.70. The number of piperidine rings is 1. The lowest BCUT2D eigenvalue weighted by Crippen LogP contribution is -2.48.